The summed E-state index contributed by atoms with van der Waals surface area (Å²) < 4.78 is 36.9. The molecule has 1 saturated heterocycles. The average molecular weight is 316 g/mol. The van der Waals surface area contributed by atoms with Gasteiger partial charge in [0.2, 0.25) is 10.0 Å². The lowest BCUT2D eigenvalue weighted by atomic mass is 10.2. The fourth-order valence-electron chi connectivity index (χ4n) is 2.44. The number of morpholine rings is 1. The van der Waals surface area contributed by atoms with Gasteiger partial charge < -0.3 is 14.5 Å². The smallest absolute Gasteiger partial charge is 0.355 e. The van der Waals surface area contributed by atoms with Gasteiger partial charge in [0.1, 0.15) is 10.6 Å². The van der Waals surface area contributed by atoms with E-state index < -0.39 is 16.0 Å². The van der Waals surface area contributed by atoms with E-state index in [9.17, 15) is 13.2 Å². The van der Waals surface area contributed by atoms with Gasteiger partial charge in [-0.25, -0.2) is 13.2 Å². The second kappa shape index (κ2) is 6.17. The van der Waals surface area contributed by atoms with Crippen LogP contribution in [-0.2, 0) is 19.5 Å². The molecule has 0 radical (unpaired) electrons. The summed E-state index contributed by atoms with van der Waals surface area (Å²) in [5.74, 6) is -0.540. The molecule has 1 N–H and O–H groups in total. The fraction of sp³-hybridized carbons (Fsp3) is 0.615. The number of aryl methyl sites for hydroxylation is 1. The van der Waals surface area contributed by atoms with E-state index in [2.05, 4.69) is 4.98 Å². The van der Waals surface area contributed by atoms with E-state index in [1.54, 1.807) is 20.8 Å². The maximum atomic E-state index is 12.7. The Hall–Kier alpha value is -1.38. The van der Waals surface area contributed by atoms with Crippen molar-refractivity contribution < 1.29 is 22.7 Å². The summed E-state index contributed by atoms with van der Waals surface area (Å²) in [4.78, 5) is 14.8. The SMILES string of the molecule is CCOC(=O)c1[nH]c(C)c(S(=O)(=O)N2CCOCC2)c1C. The molecule has 0 aromatic carbocycles. The first kappa shape index (κ1) is 16.0. The molecule has 1 aliphatic rings. The van der Waals surface area contributed by atoms with Crippen LogP contribution in [0.3, 0.4) is 0 Å². The van der Waals surface area contributed by atoms with Crippen LogP contribution in [-0.4, -0.2) is 56.6 Å². The summed E-state index contributed by atoms with van der Waals surface area (Å²) in [5.41, 5.74) is 1.04. The molecule has 0 unspecified atom stereocenters. The second-order valence-corrected chi connectivity index (χ2v) is 6.69. The van der Waals surface area contributed by atoms with E-state index in [1.807, 2.05) is 0 Å². The molecule has 2 rings (SSSR count). The second-order valence-electron chi connectivity index (χ2n) is 4.82. The van der Waals surface area contributed by atoms with Crippen LogP contribution in [0.25, 0.3) is 0 Å². The molecule has 0 spiro atoms. The van der Waals surface area contributed by atoms with E-state index in [4.69, 9.17) is 9.47 Å². The van der Waals surface area contributed by atoms with Crippen LogP contribution < -0.4 is 0 Å². The van der Waals surface area contributed by atoms with E-state index in [-0.39, 0.29) is 17.2 Å². The highest BCUT2D eigenvalue weighted by Crippen LogP contribution is 2.27. The lowest BCUT2D eigenvalue weighted by molar-refractivity contribution is 0.0519. The number of rotatable bonds is 4. The summed E-state index contributed by atoms with van der Waals surface area (Å²) in [6.07, 6.45) is 0. The molecule has 1 aliphatic heterocycles. The standard InChI is InChI=1S/C13H20N2O5S/c1-4-20-13(16)11-9(2)12(10(3)14-11)21(17,18)15-5-7-19-8-6-15/h14H,4-8H2,1-3H3. The number of carbonyl (C=O) groups is 1. The third kappa shape index (κ3) is 2.97. The Morgan fingerprint density at radius 3 is 2.52 bits per heavy atom. The molecule has 0 aliphatic carbocycles. The van der Waals surface area contributed by atoms with Gasteiger partial charge in [0.25, 0.3) is 0 Å². The Bertz CT molecular complexity index is 629. The van der Waals surface area contributed by atoms with Crippen LogP contribution in [0.4, 0.5) is 0 Å². The highest BCUT2D eigenvalue weighted by atomic mass is 32.2. The summed E-state index contributed by atoms with van der Waals surface area (Å²) in [6, 6.07) is 0. The molecule has 2 heterocycles. The number of nitrogens with zero attached hydrogens (tertiary/aromatic N) is 1. The average Bonchev–Trinajstić information content (AvgIpc) is 2.76. The molecule has 21 heavy (non-hydrogen) atoms. The van der Waals surface area contributed by atoms with Crippen LogP contribution in [0.1, 0.15) is 28.7 Å². The molecule has 0 bridgehead atoms. The lowest BCUT2D eigenvalue weighted by Gasteiger charge is -2.26. The molecule has 1 aromatic heterocycles. The molecular weight excluding hydrogens is 296 g/mol. The lowest BCUT2D eigenvalue weighted by Crippen LogP contribution is -2.40. The number of aromatic nitrogens is 1. The zero-order valence-corrected chi connectivity index (χ0v) is 13.2. The van der Waals surface area contributed by atoms with Crippen molar-refractivity contribution in [2.24, 2.45) is 0 Å². The minimum Gasteiger partial charge on any atom is -0.461 e. The van der Waals surface area contributed by atoms with Crippen molar-refractivity contribution in [2.45, 2.75) is 25.7 Å². The van der Waals surface area contributed by atoms with Crippen molar-refractivity contribution in [1.29, 1.82) is 0 Å². The highest BCUT2D eigenvalue weighted by Gasteiger charge is 2.32. The van der Waals surface area contributed by atoms with Crippen molar-refractivity contribution in [3.63, 3.8) is 0 Å². The first-order valence-corrected chi connectivity index (χ1v) is 8.27. The summed E-state index contributed by atoms with van der Waals surface area (Å²) >= 11 is 0. The van der Waals surface area contributed by atoms with E-state index in [0.717, 1.165) is 0 Å². The Morgan fingerprint density at radius 2 is 1.95 bits per heavy atom. The Kier molecular flexibility index (Phi) is 4.70. The van der Waals surface area contributed by atoms with Gasteiger partial charge in [-0.1, -0.05) is 0 Å². The molecule has 0 saturated carbocycles. The van der Waals surface area contributed by atoms with E-state index in [1.165, 1.54) is 4.31 Å². The monoisotopic (exact) mass is 316 g/mol. The zero-order chi connectivity index (χ0) is 15.6. The number of carbonyl (C=O) groups excluding carboxylic acids is 1. The van der Waals surface area contributed by atoms with Crippen LogP contribution in [0, 0.1) is 13.8 Å². The molecule has 7 nitrogen and oxygen atoms in total. The van der Waals surface area contributed by atoms with Crippen LogP contribution in [0.2, 0.25) is 0 Å². The molecule has 1 fully saturated rings. The number of ether oxygens (including phenoxy) is 2. The van der Waals surface area contributed by atoms with Gasteiger partial charge in [-0.3, -0.25) is 0 Å². The zero-order valence-electron chi connectivity index (χ0n) is 12.4. The van der Waals surface area contributed by atoms with Crippen molar-refractivity contribution in [3.8, 4) is 0 Å². The molecule has 0 atom stereocenters. The van der Waals surface area contributed by atoms with Gasteiger partial charge in [-0.2, -0.15) is 4.31 Å². The van der Waals surface area contributed by atoms with Gasteiger partial charge in [-0.05, 0) is 20.8 Å². The number of nitrogens with one attached hydrogen (secondary N) is 1. The predicted molar refractivity (Wildman–Crippen MR) is 75.8 cm³/mol. The molecule has 118 valence electrons. The molecular formula is C13H20N2O5S. The first-order valence-electron chi connectivity index (χ1n) is 6.83. The third-order valence-corrected chi connectivity index (χ3v) is 5.59. The van der Waals surface area contributed by atoms with Crippen LogP contribution in [0.15, 0.2) is 4.90 Å². The van der Waals surface area contributed by atoms with Gasteiger partial charge in [0.05, 0.1) is 19.8 Å². The number of hydrogen-bond acceptors (Lipinski definition) is 5. The van der Waals surface area contributed by atoms with E-state index in [0.29, 0.717) is 37.6 Å². The van der Waals surface area contributed by atoms with Gasteiger partial charge in [-0.15, -0.1) is 0 Å². The summed E-state index contributed by atoms with van der Waals surface area (Å²) in [5, 5.41) is 0. The first-order chi connectivity index (χ1) is 9.89. The normalized spacial score (nSPS) is 16.9. The van der Waals surface area contributed by atoms with Gasteiger partial charge in [0, 0.05) is 24.3 Å². The molecule has 1 aromatic rings. The van der Waals surface area contributed by atoms with Gasteiger partial charge >= 0.3 is 5.97 Å². The topological polar surface area (TPSA) is 88.7 Å². The number of aromatic amines is 1. The minimum atomic E-state index is -3.64. The third-order valence-electron chi connectivity index (χ3n) is 3.42. The van der Waals surface area contributed by atoms with Gasteiger partial charge in [0.15, 0.2) is 0 Å². The molecule has 8 heteroatoms. The number of hydrogen-bond donors (Lipinski definition) is 1. The number of H-pyrrole nitrogens is 1. The number of esters is 1. The van der Waals surface area contributed by atoms with Crippen LogP contribution in [0.5, 0.6) is 0 Å². The van der Waals surface area contributed by atoms with Crippen molar-refractivity contribution >= 4 is 16.0 Å². The number of sulfonamides is 1. The van der Waals surface area contributed by atoms with Crippen molar-refractivity contribution in [3.05, 3.63) is 17.0 Å². The predicted octanol–water partition coefficient (Wildman–Crippen LogP) is 0.829. The summed E-state index contributed by atoms with van der Waals surface area (Å²) in [6.45, 7) is 6.60. The van der Waals surface area contributed by atoms with Crippen LogP contribution >= 0.6 is 0 Å². The highest BCUT2D eigenvalue weighted by molar-refractivity contribution is 7.89. The van der Waals surface area contributed by atoms with Crippen molar-refractivity contribution in [1.82, 2.24) is 9.29 Å². The minimum absolute atomic E-state index is 0.160. The van der Waals surface area contributed by atoms with E-state index >= 15 is 0 Å². The Labute approximate surface area is 124 Å². The maximum absolute atomic E-state index is 12.7. The molecule has 0 amide bonds. The fourth-order valence-corrected chi connectivity index (χ4v) is 4.26. The Balaban J connectivity index is 2.41. The van der Waals surface area contributed by atoms with Crippen molar-refractivity contribution in [2.75, 3.05) is 32.9 Å². The quantitative estimate of drug-likeness (QED) is 0.831. The maximum Gasteiger partial charge on any atom is 0.355 e. The largest absolute Gasteiger partial charge is 0.461 e. The summed E-state index contributed by atoms with van der Waals surface area (Å²) in [7, 11) is -3.64. The Morgan fingerprint density at radius 1 is 1.33 bits per heavy atom.